The molecule has 1 nitrogen and oxygen atoms in total. The van der Waals surface area contributed by atoms with Crippen LogP contribution in [-0.2, 0) is 0 Å². The van der Waals surface area contributed by atoms with Crippen LogP contribution in [-0.4, -0.2) is 24.5 Å². The van der Waals surface area contributed by atoms with Gasteiger partial charge in [0, 0.05) is 6.54 Å². The molecule has 70 valence electrons. The lowest BCUT2D eigenvalue weighted by atomic mass is 9.89. The quantitative estimate of drug-likeness (QED) is 0.611. The van der Waals surface area contributed by atoms with Crippen LogP contribution in [0.25, 0.3) is 0 Å². The van der Waals surface area contributed by atoms with E-state index in [4.69, 9.17) is 0 Å². The molecule has 12 heavy (non-hydrogen) atoms. The van der Waals surface area contributed by atoms with Crippen LogP contribution < -0.4 is 0 Å². The normalized spacial score (nSPS) is 36.8. The lowest BCUT2D eigenvalue weighted by Gasteiger charge is -2.34. The van der Waals surface area contributed by atoms with Crippen LogP contribution in [0.1, 0.15) is 39.0 Å². The summed E-state index contributed by atoms with van der Waals surface area (Å²) in [6.07, 6.45) is 7.38. The summed E-state index contributed by atoms with van der Waals surface area (Å²) in [5, 5.41) is 0. The van der Waals surface area contributed by atoms with E-state index < -0.39 is 0 Å². The zero-order chi connectivity index (χ0) is 8.39. The Labute approximate surface area is 76.1 Å². The maximum Gasteiger partial charge on any atom is 0.00123 e. The van der Waals surface area contributed by atoms with Crippen molar-refractivity contribution in [1.29, 1.82) is 0 Å². The van der Waals surface area contributed by atoms with E-state index in [1.807, 2.05) is 0 Å². The van der Waals surface area contributed by atoms with E-state index in [0.29, 0.717) is 0 Å². The molecule has 1 aliphatic carbocycles. The van der Waals surface area contributed by atoms with Crippen molar-refractivity contribution in [2.24, 2.45) is 11.8 Å². The Balaban J connectivity index is 1.84. The molecule has 0 amide bonds. The fraction of sp³-hybridized carbons (Fsp3) is 1.00. The summed E-state index contributed by atoms with van der Waals surface area (Å²) in [4.78, 5) is 2.67. The summed E-state index contributed by atoms with van der Waals surface area (Å²) in [5.41, 5.74) is 0. The fourth-order valence-electron chi connectivity index (χ4n) is 3.02. The van der Waals surface area contributed by atoms with Gasteiger partial charge in [-0.15, -0.1) is 0 Å². The SMILES string of the molecule is CCCN1CCC2CCCC2C1. The summed E-state index contributed by atoms with van der Waals surface area (Å²) >= 11 is 0. The monoisotopic (exact) mass is 167 g/mol. The second-order valence-corrected chi connectivity index (χ2v) is 4.54. The second kappa shape index (κ2) is 3.78. The van der Waals surface area contributed by atoms with E-state index in [-0.39, 0.29) is 0 Å². The van der Waals surface area contributed by atoms with Crippen molar-refractivity contribution in [1.82, 2.24) is 4.90 Å². The second-order valence-electron chi connectivity index (χ2n) is 4.54. The number of fused-ring (bicyclic) bond motifs is 1. The maximum absolute atomic E-state index is 2.67. The average molecular weight is 167 g/mol. The third kappa shape index (κ3) is 1.66. The molecule has 2 unspecified atom stereocenters. The molecule has 2 atom stereocenters. The summed E-state index contributed by atoms with van der Waals surface area (Å²) in [6, 6.07) is 0. The molecule has 0 radical (unpaired) electrons. The Morgan fingerprint density at radius 3 is 2.83 bits per heavy atom. The molecule has 0 bridgehead atoms. The molecular weight excluding hydrogens is 146 g/mol. The molecular formula is C11H21N. The van der Waals surface area contributed by atoms with Gasteiger partial charge < -0.3 is 4.90 Å². The molecule has 0 aromatic carbocycles. The van der Waals surface area contributed by atoms with Gasteiger partial charge in [0.2, 0.25) is 0 Å². The Morgan fingerprint density at radius 2 is 2.00 bits per heavy atom. The van der Waals surface area contributed by atoms with E-state index >= 15 is 0 Å². The van der Waals surface area contributed by atoms with Gasteiger partial charge in [0.1, 0.15) is 0 Å². The lowest BCUT2D eigenvalue weighted by molar-refractivity contribution is 0.139. The minimum atomic E-state index is 1.07. The van der Waals surface area contributed by atoms with Crippen LogP contribution in [0.3, 0.4) is 0 Å². The van der Waals surface area contributed by atoms with Gasteiger partial charge in [-0.1, -0.05) is 19.8 Å². The molecule has 0 aromatic heterocycles. The molecule has 2 fully saturated rings. The topological polar surface area (TPSA) is 3.24 Å². The average Bonchev–Trinajstić information content (AvgIpc) is 2.51. The van der Waals surface area contributed by atoms with Gasteiger partial charge in [0.25, 0.3) is 0 Å². The Morgan fingerprint density at radius 1 is 1.17 bits per heavy atom. The minimum absolute atomic E-state index is 1.07. The molecule has 1 saturated carbocycles. The summed E-state index contributed by atoms with van der Waals surface area (Å²) in [7, 11) is 0. The van der Waals surface area contributed by atoms with Gasteiger partial charge in [-0.25, -0.2) is 0 Å². The van der Waals surface area contributed by atoms with Gasteiger partial charge in [-0.2, -0.15) is 0 Å². The lowest BCUT2D eigenvalue weighted by Crippen LogP contribution is -2.38. The van der Waals surface area contributed by atoms with E-state index in [1.54, 1.807) is 0 Å². The highest BCUT2D eigenvalue weighted by molar-refractivity contribution is 4.84. The smallest absolute Gasteiger partial charge is 0.00123 e. The molecule has 2 aliphatic rings. The minimum Gasteiger partial charge on any atom is -0.303 e. The van der Waals surface area contributed by atoms with Crippen molar-refractivity contribution in [3.05, 3.63) is 0 Å². The van der Waals surface area contributed by atoms with Crippen molar-refractivity contribution in [2.75, 3.05) is 19.6 Å². The van der Waals surface area contributed by atoms with E-state index in [2.05, 4.69) is 11.8 Å². The van der Waals surface area contributed by atoms with Gasteiger partial charge in [0.05, 0.1) is 0 Å². The van der Waals surface area contributed by atoms with Gasteiger partial charge in [-0.3, -0.25) is 0 Å². The first-order valence-corrected chi connectivity index (χ1v) is 5.62. The number of likely N-dealkylation sites (tertiary alicyclic amines) is 1. The van der Waals surface area contributed by atoms with Crippen molar-refractivity contribution in [3.8, 4) is 0 Å². The van der Waals surface area contributed by atoms with E-state index in [9.17, 15) is 0 Å². The van der Waals surface area contributed by atoms with Crippen LogP contribution in [0.15, 0.2) is 0 Å². The van der Waals surface area contributed by atoms with Crippen LogP contribution >= 0.6 is 0 Å². The number of hydrogen-bond acceptors (Lipinski definition) is 1. The first-order valence-electron chi connectivity index (χ1n) is 5.62. The van der Waals surface area contributed by atoms with Gasteiger partial charge in [0.15, 0.2) is 0 Å². The Bertz CT molecular complexity index is 144. The summed E-state index contributed by atoms with van der Waals surface area (Å²) in [5.74, 6) is 2.18. The highest BCUT2D eigenvalue weighted by Crippen LogP contribution is 2.37. The molecule has 0 aromatic rings. The van der Waals surface area contributed by atoms with E-state index in [0.717, 1.165) is 11.8 Å². The zero-order valence-electron chi connectivity index (χ0n) is 8.26. The van der Waals surface area contributed by atoms with E-state index in [1.165, 1.54) is 51.7 Å². The van der Waals surface area contributed by atoms with Crippen molar-refractivity contribution < 1.29 is 0 Å². The third-order valence-corrected chi connectivity index (χ3v) is 3.67. The molecule has 1 saturated heterocycles. The van der Waals surface area contributed by atoms with Crippen LogP contribution in [0, 0.1) is 11.8 Å². The highest BCUT2D eigenvalue weighted by Gasteiger charge is 2.32. The van der Waals surface area contributed by atoms with Gasteiger partial charge >= 0.3 is 0 Å². The number of rotatable bonds is 2. The van der Waals surface area contributed by atoms with Crippen LogP contribution in [0.4, 0.5) is 0 Å². The third-order valence-electron chi connectivity index (χ3n) is 3.67. The highest BCUT2D eigenvalue weighted by atomic mass is 15.1. The molecule has 2 rings (SSSR count). The Kier molecular flexibility index (Phi) is 2.69. The van der Waals surface area contributed by atoms with Crippen molar-refractivity contribution in [2.45, 2.75) is 39.0 Å². The fourth-order valence-corrected chi connectivity index (χ4v) is 3.02. The van der Waals surface area contributed by atoms with Gasteiger partial charge in [-0.05, 0) is 44.2 Å². The maximum atomic E-state index is 2.67. The molecule has 0 spiro atoms. The van der Waals surface area contributed by atoms with Crippen LogP contribution in [0.5, 0.6) is 0 Å². The standard InChI is InChI=1S/C11H21N/c1-2-7-12-8-6-10-4-3-5-11(10)9-12/h10-11H,2-9H2,1H3. The van der Waals surface area contributed by atoms with Crippen molar-refractivity contribution in [3.63, 3.8) is 0 Å². The first kappa shape index (κ1) is 8.55. The molecule has 1 heterocycles. The first-order chi connectivity index (χ1) is 5.90. The predicted molar refractivity (Wildman–Crippen MR) is 52.2 cm³/mol. The van der Waals surface area contributed by atoms with Crippen LogP contribution in [0.2, 0.25) is 0 Å². The molecule has 1 heteroatoms. The largest absolute Gasteiger partial charge is 0.303 e. The molecule has 1 aliphatic heterocycles. The zero-order valence-corrected chi connectivity index (χ0v) is 8.26. The van der Waals surface area contributed by atoms with Crippen molar-refractivity contribution >= 4 is 0 Å². The number of piperidine rings is 1. The number of hydrogen-bond donors (Lipinski definition) is 0. The Hall–Kier alpha value is -0.0400. The summed E-state index contributed by atoms with van der Waals surface area (Å²) in [6.45, 7) is 6.43. The molecule has 0 N–H and O–H groups in total. The summed E-state index contributed by atoms with van der Waals surface area (Å²) < 4.78 is 0. The predicted octanol–water partition coefficient (Wildman–Crippen LogP) is 2.52. The number of nitrogens with zero attached hydrogens (tertiary/aromatic N) is 1.